The second-order valence-electron chi connectivity index (χ2n) is 1.82. The molecule has 0 saturated heterocycles. The zero-order valence-corrected chi connectivity index (χ0v) is 6.28. The lowest BCUT2D eigenvalue weighted by Gasteiger charge is -2.13. The first-order valence-corrected chi connectivity index (χ1v) is 3.60. The molecule has 0 bridgehead atoms. The lowest BCUT2D eigenvalue weighted by atomic mass is 10.2. The van der Waals surface area contributed by atoms with Crippen LogP contribution in [-0.4, -0.2) is 16.4 Å². The highest BCUT2D eigenvalue weighted by atomic mass is 31.1. The largest absolute Gasteiger partial charge is 0.480 e. The summed E-state index contributed by atoms with van der Waals surface area (Å²) in [5.74, 6) is -1.19. The minimum absolute atomic E-state index is 0.209. The molecule has 3 N–H and O–H groups in total. The Morgan fingerprint density at radius 2 is 2.33 bits per heavy atom. The summed E-state index contributed by atoms with van der Waals surface area (Å²) >= 11 is 0. The van der Waals surface area contributed by atoms with E-state index in [0.717, 1.165) is 0 Å². The summed E-state index contributed by atoms with van der Waals surface area (Å²) in [6.07, 6.45) is 0.209. The van der Waals surface area contributed by atoms with E-state index in [2.05, 4.69) is 0 Å². The van der Waals surface area contributed by atoms with Crippen LogP contribution in [0, 0.1) is 0 Å². The SMILES string of the molecule is CCC(N)([PH2]=O)C(=O)O. The number of aliphatic carboxylic acids is 1. The molecule has 0 aromatic rings. The van der Waals surface area contributed by atoms with E-state index in [1.807, 2.05) is 0 Å². The van der Waals surface area contributed by atoms with Gasteiger partial charge in [0.25, 0.3) is 0 Å². The molecule has 0 rings (SSSR count). The lowest BCUT2D eigenvalue weighted by molar-refractivity contribution is -0.140. The van der Waals surface area contributed by atoms with Gasteiger partial charge in [0.15, 0.2) is 5.28 Å². The number of carbonyl (C=O) groups is 1. The van der Waals surface area contributed by atoms with Crippen LogP contribution in [0.2, 0.25) is 0 Å². The van der Waals surface area contributed by atoms with Crippen molar-refractivity contribution in [2.45, 2.75) is 18.6 Å². The first-order valence-electron chi connectivity index (χ1n) is 2.55. The Balaban J connectivity index is 4.27. The molecule has 2 unspecified atom stereocenters. The molecule has 4 nitrogen and oxygen atoms in total. The second-order valence-corrected chi connectivity index (χ2v) is 3.08. The summed E-state index contributed by atoms with van der Waals surface area (Å²) in [5, 5.41) is 6.86. The summed E-state index contributed by atoms with van der Waals surface area (Å²) in [4.78, 5) is 10.2. The van der Waals surface area contributed by atoms with Gasteiger partial charge in [-0.3, -0.25) is 0 Å². The first-order chi connectivity index (χ1) is 4.06. The minimum Gasteiger partial charge on any atom is -0.480 e. The van der Waals surface area contributed by atoms with E-state index in [9.17, 15) is 9.36 Å². The van der Waals surface area contributed by atoms with Crippen molar-refractivity contribution in [2.24, 2.45) is 5.73 Å². The molecule has 0 amide bonds. The molecule has 2 atom stereocenters. The molecule has 0 saturated carbocycles. The van der Waals surface area contributed by atoms with E-state index in [0.29, 0.717) is 0 Å². The maximum absolute atomic E-state index is 10.2. The monoisotopic (exact) mass is 151 g/mol. The van der Waals surface area contributed by atoms with Gasteiger partial charge in [-0.25, -0.2) is 4.79 Å². The zero-order valence-electron chi connectivity index (χ0n) is 5.13. The first kappa shape index (κ1) is 8.66. The van der Waals surface area contributed by atoms with Crippen LogP contribution in [0.1, 0.15) is 13.3 Å². The highest BCUT2D eigenvalue weighted by Crippen LogP contribution is 2.19. The fraction of sp³-hybridized carbons (Fsp3) is 0.750. The molecular formula is C4H10NO3P. The van der Waals surface area contributed by atoms with Crippen molar-refractivity contribution in [3.05, 3.63) is 0 Å². The van der Waals surface area contributed by atoms with Crippen molar-refractivity contribution in [3.8, 4) is 0 Å². The Bertz CT molecular complexity index is 138. The summed E-state index contributed by atoms with van der Waals surface area (Å²) < 4.78 is 10.2. The van der Waals surface area contributed by atoms with Gasteiger partial charge in [-0.15, -0.1) is 0 Å². The molecule has 0 heterocycles. The maximum Gasteiger partial charge on any atom is 0.330 e. The van der Waals surface area contributed by atoms with E-state index < -0.39 is 19.7 Å². The van der Waals surface area contributed by atoms with Crippen LogP contribution >= 0.6 is 8.46 Å². The van der Waals surface area contributed by atoms with E-state index in [4.69, 9.17) is 10.8 Å². The number of hydrogen-bond donors (Lipinski definition) is 2. The average Bonchev–Trinajstić information content (AvgIpc) is 1.86. The smallest absolute Gasteiger partial charge is 0.330 e. The van der Waals surface area contributed by atoms with Crippen molar-refractivity contribution in [1.29, 1.82) is 0 Å². The third-order valence-electron chi connectivity index (χ3n) is 1.19. The van der Waals surface area contributed by atoms with E-state index in [1.54, 1.807) is 6.92 Å². The molecule has 0 spiro atoms. The van der Waals surface area contributed by atoms with Crippen LogP contribution < -0.4 is 5.73 Å². The number of carboxylic acid groups (broad SMARTS) is 1. The molecule has 0 aromatic carbocycles. The van der Waals surface area contributed by atoms with Crippen LogP contribution in [0.4, 0.5) is 0 Å². The standard InChI is InChI=1S/C4H10NO3P/c1-2-4(5,9-8)3(6)7/h2,5,9H2,1H3,(H,6,7). The highest BCUT2D eigenvalue weighted by Gasteiger charge is 2.29. The quantitative estimate of drug-likeness (QED) is 0.551. The van der Waals surface area contributed by atoms with Gasteiger partial charge in [-0.2, -0.15) is 0 Å². The Morgan fingerprint density at radius 1 is 1.89 bits per heavy atom. The zero-order chi connectivity index (χ0) is 7.49. The Morgan fingerprint density at radius 3 is 2.33 bits per heavy atom. The van der Waals surface area contributed by atoms with Crippen molar-refractivity contribution in [2.75, 3.05) is 0 Å². The summed E-state index contributed by atoms with van der Waals surface area (Å²) in [6, 6.07) is 0. The van der Waals surface area contributed by atoms with Crippen molar-refractivity contribution >= 4 is 14.4 Å². The molecule has 0 aliphatic carbocycles. The predicted octanol–water partition coefficient (Wildman–Crippen LogP) is -0.108. The summed E-state index contributed by atoms with van der Waals surface area (Å²) in [7, 11) is -1.44. The predicted molar refractivity (Wildman–Crippen MR) is 35.2 cm³/mol. The van der Waals surface area contributed by atoms with Crippen LogP contribution in [0.3, 0.4) is 0 Å². The Hall–Kier alpha value is -0.340. The van der Waals surface area contributed by atoms with Crippen LogP contribution in [0.15, 0.2) is 0 Å². The molecule has 0 radical (unpaired) electrons. The molecular weight excluding hydrogens is 141 g/mol. The molecule has 5 heteroatoms. The minimum atomic E-state index is -1.47. The lowest BCUT2D eigenvalue weighted by Crippen LogP contribution is -2.41. The summed E-state index contributed by atoms with van der Waals surface area (Å²) in [6.45, 7) is 1.60. The maximum atomic E-state index is 10.2. The van der Waals surface area contributed by atoms with Gasteiger partial charge in [-0.05, 0) is 6.42 Å². The van der Waals surface area contributed by atoms with E-state index in [-0.39, 0.29) is 6.42 Å². The van der Waals surface area contributed by atoms with Gasteiger partial charge >= 0.3 is 5.97 Å². The van der Waals surface area contributed by atoms with Crippen molar-refractivity contribution < 1.29 is 14.5 Å². The molecule has 0 aliphatic heterocycles. The third kappa shape index (κ3) is 1.80. The second kappa shape index (κ2) is 2.99. The molecule has 0 fully saturated rings. The highest BCUT2D eigenvalue weighted by molar-refractivity contribution is 7.27. The molecule has 0 aromatic heterocycles. The Kier molecular flexibility index (Phi) is 2.88. The molecule has 0 aliphatic rings. The van der Waals surface area contributed by atoms with Gasteiger partial charge in [0.1, 0.15) is 0 Å². The van der Waals surface area contributed by atoms with Gasteiger partial charge in [0, 0.05) is 0 Å². The fourth-order valence-electron chi connectivity index (χ4n) is 0.285. The summed E-state index contributed by atoms with van der Waals surface area (Å²) in [5.41, 5.74) is 5.16. The number of hydrogen-bond acceptors (Lipinski definition) is 3. The van der Waals surface area contributed by atoms with Crippen LogP contribution in [0.5, 0.6) is 0 Å². The van der Waals surface area contributed by atoms with E-state index in [1.165, 1.54) is 0 Å². The average molecular weight is 151 g/mol. The fourth-order valence-corrected chi connectivity index (χ4v) is 0.552. The topological polar surface area (TPSA) is 80.4 Å². The number of rotatable bonds is 3. The number of carboxylic acids is 1. The van der Waals surface area contributed by atoms with Gasteiger partial charge in [-0.1, -0.05) is 6.92 Å². The van der Waals surface area contributed by atoms with Crippen LogP contribution in [0.25, 0.3) is 0 Å². The van der Waals surface area contributed by atoms with Gasteiger partial charge in [0.05, 0.1) is 8.46 Å². The third-order valence-corrected chi connectivity index (χ3v) is 2.27. The van der Waals surface area contributed by atoms with E-state index >= 15 is 0 Å². The molecule has 54 valence electrons. The Labute approximate surface area is 54.2 Å². The number of nitrogens with two attached hydrogens (primary N) is 1. The van der Waals surface area contributed by atoms with Crippen molar-refractivity contribution in [3.63, 3.8) is 0 Å². The molecule has 9 heavy (non-hydrogen) atoms. The van der Waals surface area contributed by atoms with Crippen molar-refractivity contribution in [1.82, 2.24) is 0 Å². The van der Waals surface area contributed by atoms with Gasteiger partial charge < -0.3 is 15.4 Å². The van der Waals surface area contributed by atoms with Gasteiger partial charge in [0.2, 0.25) is 0 Å². The van der Waals surface area contributed by atoms with Crippen LogP contribution in [-0.2, 0) is 9.36 Å². The normalized spacial score (nSPS) is 18.0.